The van der Waals surface area contributed by atoms with Crippen LogP contribution in [0.5, 0.6) is 11.6 Å². The molecule has 6 rings (SSSR count). The average molecular weight is 962 g/mol. The SMILES string of the molecule is C[C@@H]1CC/C=C/[C@@H]2C[C@@]2(C(=O)NS(=O)(=O)C2(C)CC2)NC(=O)[C@@H]2C[C@@H](Oc3ncc(OC(=O)OC(C)(C)C(F)(F)F)c4ccccc34)CN2C(=O)[C@@H](NC(=O)OC(C)(C)C(F)(F)F)[C@H](C)C1. The van der Waals surface area contributed by atoms with Crippen molar-refractivity contribution >= 4 is 50.8 Å². The van der Waals surface area contributed by atoms with Gasteiger partial charge in [-0.2, -0.15) is 26.3 Å². The van der Waals surface area contributed by atoms with Crippen LogP contribution in [0.3, 0.4) is 0 Å². The van der Waals surface area contributed by atoms with E-state index in [1.54, 1.807) is 25.1 Å². The molecule has 2 aromatic rings. The van der Waals surface area contributed by atoms with Crippen molar-refractivity contribution in [2.75, 3.05) is 6.54 Å². The number of aromatic nitrogens is 1. The molecule has 0 spiro atoms. The number of alkyl carbamates (subject to hydrolysis) is 1. The molecule has 3 heterocycles. The Morgan fingerprint density at radius 3 is 2.17 bits per heavy atom. The number of benzene rings is 1. The normalized spacial score (nSPS) is 27.7. The van der Waals surface area contributed by atoms with Crippen LogP contribution in [0.15, 0.2) is 42.6 Å². The lowest BCUT2D eigenvalue weighted by atomic mass is 9.88. The van der Waals surface area contributed by atoms with Crippen LogP contribution in [0.4, 0.5) is 35.9 Å². The number of carbonyl (C=O) groups excluding carboxylic acids is 5. The highest BCUT2D eigenvalue weighted by Gasteiger charge is 2.63. The smallest absolute Gasteiger partial charge is 0.472 e. The van der Waals surface area contributed by atoms with Gasteiger partial charge in [0.1, 0.15) is 23.7 Å². The van der Waals surface area contributed by atoms with Gasteiger partial charge < -0.3 is 34.5 Å². The number of halogens is 6. The maximum absolute atomic E-state index is 14.8. The number of nitrogens with one attached hydrogen (secondary N) is 3. The van der Waals surface area contributed by atoms with Gasteiger partial charge in [-0.25, -0.2) is 23.0 Å². The summed E-state index contributed by atoms with van der Waals surface area (Å²) in [6.45, 7) is 7.11. The second kappa shape index (κ2) is 17.7. The third-order valence-corrected chi connectivity index (χ3v) is 14.9. The highest BCUT2D eigenvalue weighted by Crippen LogP contribution is 2.48. The van der Waals surface area contributed by atoms with Gasteiger partial charge in [-0.1, -0.05) is 44.2 Å². The lowest BCUT2D eigenvalue weighted by Crippen LogP contribution is -2.59. The third kappa shape index (κ3) is 10.4. The van der Waals surface area contributed by atoms with Crippen LogP contribution in [0.25, 0.3) is 10.8 Å². The van der Waals surface area contributed by atoms with Crippen LogP contribution in [0, 0.1) is 17.8 Å². The molecule has 23 heteroatoms. The summed E-state index contributed by atoms with van der Waals surface area (Å²) in [6, 6.07) is 2.95. The quantitative estimate of drug-likeness (QED) is 0.135. The predicted molar refractivity (Wildman–Crippen MR) is 222 cm³/mol. The van der Waals surface area contributed by atoms with Crippen molar-refractivity contribution < 1.29 is 77.7 Å². The number of sulfonamides is 1. The summed E-state index contributed by atoms with van der Waals surface area (Å²) in [7, 11) is -4.16. The predicted octanol–water partition coefficient (Wildman–Crippen LogP) is 6.76. The van der Waals surface area contributed by atoms with Crippen molar-refractivity contribution in [3.05, 3.63) is 42.6 Å². The minimum Gasteiger partial charge on any atom is -0.472 e. The first-order valence-electron chi connectivity index (χ1n) is 21.3. The van der Waals surface area contributed by atoms with E-state index in [4.69, 9.17) is 14.2 Å². The second-order valence-corrected chi connectivity index (χ2v) is 21.1. The maximum Gasteiger partial charge on any atom is 0.514 e. The molecule has 2 saturated carbocycles. The zero-order chi connectivity index (χ0) is 49.0. The average Bonchev–Trinajstić information content (AvgIpc) is 4.08. The van der Waals surface area contributed by atoms with E-state index >= 15 is 0 Å². The zero-order valence-electron chi connectivity index (χ0n) is 37.2. The minimum atomic E-state index is -4.99. The number of hydrogen-bond donors (Lipinski definition) is 3. The van der Waals surface area contributed by atoms with Crippen molar-refractivity contribution in [1.29, 1.82) is 0 Å². The molecular weight excluding hydrogens is 909 g/mol. The molecule has 0 bridgehead atoms. The van der Waals surface area contributed by atoms with Gasteiger partial charge in [-0.3, -0.25) is 19.1 Å². The molecule has 16 nitrogen and oxygen atoms in total. The fourth-order valence-corrected chi connectivity index (χ4v) is 9.21. The lowest BCUT2D eigenvalue weighted by Gasteiger charge is -2.34. The number of ether oxygens (including phenoxy) is 4. The molecule has 0 radical (unpaired) electrons. The van der Waals surface area contributed by atoms with E-state index in [0.29, 0.717) is 53.4 Å². The van der Waals surface area contributed by atoms with Crippen LogP contribution in [-0.2, 0) is 33.9 Å². The Kier molecular flexibility index (Phi) is 13.4. The van der Waals surface area contributed by atoms with Gasteiger partial charge in [0.25, 0.3) is 5.91 Å². The van der Waals surface area contributed by atoms with E-state index in [0.717, 1.165) is 11.1 Å². The van der Waals surface area contributed by atoms with E-state index in [-0.39, 0.29) is 47.6 Å². The molecule has 3 fully saturated rings. The number of alkyl halides is 6. The van der Waals surface area contributed by atoms with Gasteiger partial charge in [0.05, 0.1) is 17.5 Å². The largest absolute Gasteiger partial charge is 0.514 e. The second-order valence-electron chi connectivity index (χ2n) is 18.9. The Labute approximate surface area is 376 Å². The molecule has 4 aliphatic rings. The van der Waals surface area contributed by atoms with Gasteiger partial charge in [0.2, 0.25) is 38.9 Å². The van der Waals surface area contributed by atoms with Gasteiger partial charge in [-0.15, -0.1) is 0 Å². The fraction of sp³-hybridized carbons (Fsp3) is 0.628. The number of pyridine rings is 1. The Morgan fingerprint density at radius 1 is 0.924 bits per heavy atom. The standard InChI is InChI=1S/C43H53F6N5O11S/c1-23-12-8-9-13-25-20-41(25,35(57)53-66(60,61)40(7)16-17-40)52-32(55)29-19-26(22-54(29)34(56)31(24(2)18-23)51-36(58)64-38(3,4)42(44,45)46)62-33-28-15-11-10-14-27(28)30(21-50-33)63-37(59)65-39(5,6)43(47,48)49/h9-11,13-15,21,23-26,29,31H,8,12,16-20,22H2,1-7H3,(H,51,58)(H,52,55)(H,53,57)/b13-9+/t23-,24-,25-,26-,29+,31+,41-/m1/s1. The molecule has 0 unspecified atom stereocenters. The number of nitrogens with zero attached hydrogens (tertiary/aromatic N) is 2. The van der Waals surface area contributed by atoms with Crippen molar-refractivity contribution in [2.45, 2.75) is 145 Å². The number of hydrogen-bond acceptors (Lipinski definition) is 12. The maximum atomic E-state index is 14.8. The number of carbonyl (C=O) groups is 5. The molecule has 364 valence electrons. The summed E-state index contributed by atoms with van der Waals surface area (Å²) in [5, 5.41) is 5.33. The number of amides is 4. The van der Waals surface area contributed by atoms with Gasteiger partial charge >= 0.3 is 24.6 Å². The van der Waals surface area contributed by atoms with E-state index in [1.165, 1.54) is 25.1 Å². The van der Waals surface area contributed by atoms with Gasteiger partial charge in [0, 0.05) is 23.1 Å². The van der Waals surface area contributed by atoms with Gasteiger partial charge in [-0.05, 0) is 91.0 Å². The minimum absolute atomic E-state index is 0.0110. The first kappa shape index (κ1) is 50.1. The van der Waals surface area contributed by atoms with Crippen molar-refractivity contribution in [3.63, 3.8) is 0 Å². The Morgan fingerprint density at radius 2 is 1.55 bits per heavy atom. The molecular formula is C43H53F6N5O11S. The van der Waals surface area contributed by atoms with Crippen LogP contribution in [0.1, 0.15) is 93.4 Å². The molecule has 4 amide bonds. The van der Waals surface area contributed by atoms with Crippen LogP contribution in [-0.4, -0.2) is 107 Å². The highest BCUT2D eigenvalue weighted by molar-refractivity contribution is 7.91. The van der Waals surface area contributed by atoms with E-state index in [2.05, 4.69) is 25.1 Å². The topological polar surface area (TPSA) is 209 Å². The van der Waals surface area contributed by atoms with E-state index in [1.807, 2.05) is 6.92 Å². The van der Waals surface area contributed by atoms with E-state index < -0.39 is 110 Å². The van der Waals surface area contributed by atoms with Crippen molar-refractivity contribution in [3.8, 4) is 11.6 Å². The van der Waals surface area contributed by atoms with Gasteiger partial charge in [0.15, 0.2) is 5.75 Å². The molecule has 3 N–H and O–H groups in total. The summed E-state index contributed by atoms with van der Waals surface area (Å²) >= 11 is 0. The summed E-state index contributed by atoms with van der Waals surface area (Å²) in [5.74, 6) is -4.76. The zero-order valence-corrected chi connectivity index (χ0v) is 38.0. The summed E-state index contributed by atoms with van der Waals surface area (Å²) in [6.07, 6.45) is -8.12. The van der Waals surface area contributed by atoms with Crippen LogP contribution in [0.2, 0.25) is 0 Å². The molecule has 2 aliphatic carbocycles. The van der Waals surface area contributed by atoms with E-state index in [9.17, 15) is 58.7 Å². The molecule has 7 atom stereocenters. The lowest BCUT2D eigenvalue weighted by molar-refractivity contribution is -0.247. The third-order valence-electron chi connectivity index (χ3n) is 12.8. The monoisotopic (exact) mass is 961 g/mol. The Balaban J connectivity index is 1.34. The highest BCUT2D eigenvalue weighted by atomic mass is 32.2. The first-order chi connectivity index (χ1) is 30.4. The number of rotatable bonds is 9. The summed E-state index contributed by atoms with van der Waals surface area (Å²) < 4.78 is 130. The summed E-state index contributed by atoms with van der Waals surface area (Å²) in [4.78, 5) is 74.4. The molecule has 66 heavy (non-hydrogen) atoms. The molecule has 1 aromatic carbocycles. The molecule has 1 saturated heterocycles. The van der Waals surface area contributed by atoms with Crippen molar-refractivity contribution in [2.24, 2.45) is 17.8 Å². The fourth-order valence-electron chi connectivity index (χ4n) is 7.89. The molecule has 1 aromatic heterocycles. The number of allylic oxidation sites excluding steroid dienone is 1. The summed E-state index contributed by atoms with van der Waals surface area (Å²) in [5.41, 5.74) is -7.63. The molecule has 2 aliphatic heterocycles. The first-order valence-corrected chi connectivity index (χ1v) is 22.8. The van der Waals surface area contributed by atoms with Crippen LogP contribution >= 0.6 is 0 Å². The number of fused-ring (bicyclic) bond motifs is 3. The van der Waals surface area contributed by atoms with Crippen LogP contribution < -0.4 is 24.8 Å². The Bertz CT molecular complexity index is 2390. The van der Waals surface area contributed by atoms with Crippen molar-refractivity contribution in [1.82, 2.24) is 25.2 Å². The Hall–Kier alpha value is -5.35.